The lowest BCUT2D eigenvalue weighted by Crippen LogP contribution is -2.65. The van der Waals surface area contributed by atoms with Gasteiger partial charge in [0, 0.05) is 26.6 Å². The number of carbonyl (C=O) groups is 2. The maximum Gasteiger partial charge on any atom is 0.410 e. The van der Waals surface area contributed by atoms with E-state index in [4.69, 9.17) is 4.74 Å². The van der Waals surface area contributed by atoms with Crippen LogP contribution in [0.1, 0.15) is 34.6 Å². The van der Waals surface area contributed by atoms with Crippen molar-refractivity contribution < 1.29 is 19.4 Å². The fourth-order valence-corrected chi connectivity index (χ4v) is 2.22. The SMILES string of the molecule is CC(=O)N1CCN(C(=O)OC(C)(C)C)CC1(C)CO. The van der Waals surface area contributed by atoms with Gasteiger partial charge in [-0.05, 0) is 27.7 Å². The highest BCUT2D eigenvalue weighted by molar-refractivity contribution is 5.75. The molecule has 0 aromatic heterocycles. The summed E-state index contributed by atoms with van der Waals surface area (Å²) < 4.78 is 5.31. The standard InChI is InChI=1S/C13H24N2O4/c1-10(17)15-7-6-14(8-13(15,5)9-16)11(18)19-12(2,3)4/h16H,6-9H2,1-5H3. The van der Waals surface area contributed by atoms with Gasteiger partial charge >= 0.3 is 6.09 Å². The van der Waals surface area contributed by atoms with E-state index >= 15 is 0 Å². The molecule has 110 valence electrons. The molecule has 0 radical (unpaired) electrons. The second-order valence-electron chi connectivity index (χ2n) is 6.23. The first-order valence-electron chi connectivity index (χ1n) is 6.46. The first-order valence-corrected chi connectivity index (χ1v) is 6.46. The highest BCUT2D eigenvalue weighted by atomic mass is 16.6. The Morgan fingerprint density at radius 2 is 1.89 bits per heavy atom. The summed E-state index contributed by atoms with van der Waals surface area (Å²) in [5.74, 6) is -0.0969. The summed E-state index contributed by atoms with van der Waals surface area (Å²) in [6.45, 7) is 9.58. The van der Waals surface area contributed by atoms with Crippen LogP contribution in [-0.2, 0) is 9.53 Å². The Morgan fingerprint density at radius 3 is 2.32 bits per heavy atom. The number of amides is 2. The normalized spacial score (nSPS) is 24.3. The van der Waals surface area contributed by atoms with E-state index in [2.05, 4.69) is 0 Å². The van der Waals surface area contributed by atoms with Crippen molar-refractivity contribution in [2.45, 2.75) is 45.8 Å². The van der Waals surface area contributed by atoms with Gasteiger partial charge in [0.25, 0.3) is 0 Å². The summed E-state index contributed by atoms with van der Waals surface area (Å²) in [5, 5.41) is 9.53. The summed E-state index contributed by atoms with van der Waals surface area (Å²) in [7, 11) is 0. The zero-order chi connectivity index (χ0) is 14.8. The summed E-state index contributed by atoms with van der Waals surface area (Å²) >= 11 is 0. The molecule has 0 spiro atoms. The number of ether oxygens (including phenoxy) is 1. The Bertz CT molecular complexity index is 364. The van der Waals surface area contributed by atoms with Crippen molar-refractivity contribution in [3.8, 4) is 0 Å². The molecule has 6 nitrogen and oxygen atoms in total. The summed E-state index contributed by atoms with van der Waals surface area (Å²) in [5.41, 5.74) is -1.30. The fraction of sp³-hybridized carbons (Fsp3) is 0.846. The lowest BCUT2D eigenvalue weighted by molar-refractivity contribution is -0.141. The molecule has 0 aromatic rings. The molecule has 1 unspecified atom stereocenters. The van der Waals surface area contributed by atoms with Gasteiger partial charge in [0.2, 0.25) is 5.91 Å². The summed E-state index contributed by atoms with van der Waals surface area (Å²) in [6.07, 6.45) is -0.407. The highest BCUT2D eigenvalue weighted by Crippen LogP contribution is 2.22. The number of rotatable bonds is 1. The van der Waals surface area contributed by atoms with E-state index in [1.165, 1.54) is 6.92 Å². The molecule has 1 aliphatic heterocycles. The van der Waals surface area contributed by atoms with Crippen molar-refractivity contribution in [3.63, 3.8) is 0 Å². The molecule has 1 rings (SSSR count). The quantitative estimate of drug-likeness (QED) is 0.768. The van der Waals surface area contributed by atoms with E-state index in [-0.39, 0.29) is 19.1 Å². The number of hydrogen-bond donors (Lipinski definition) is 1. The molecule has 0 saturated carbocycles. The molecule has 1 saturated heterocycles. The molecule has 0 aromatic carbocycles. The Hall–Kier alpha value is -1.30. The van der Waals surface area contributed by atoms with Gasteiger partial charge in [0.15, 0.2) is 0 Å². The molecule has 1 heterocycles. The van der Waals surface area contributed by atoms with Gasteiger partial charge in [0.1, 0.15) is 5.60 Å². The van der Waals surface area contributed by atoms with Gasteiger partial charge in [-0.3, -0.25) is 4.79 Å². The van der Waals surface area contributed by atoms with Gasteiger partial charge < -0.3 is 19.6 Å². The molecule has 1 N–H and O–H groups in total. The molecule has 0 aliphatic carbocycles. The molecule has 0 bridgehead atoms. The topological polar surface area (TPSA) is 70.1 Å². The number of hydrogen-bond acceptors (Lipinski definition) is 4. The molecule has 19 heavy (non-hydrogen) atoms. The van der Waals surface area contributed by atoms with Crippen LogP contribution in [-0.4, -0.2) is 64.3 Å². The second-order valence-corrected chi connectivity index (χ2v) is 6.23. The van der Waals surface area contributed by atoms with Gasteiger partial charge in [-0.1, -0.05) is 0 Å². The van der Waals surface area contributed by atoms with Crippen molar-refractivity contribution in [3.05, 3.63) is 0 Å². The molecule has 2 amide bonds. The maximum absolute atomic E-state index is 12.0. The Labute approximate surface area is 114 Å². The Kier molecular flexibility index (Phi) is 4.45. The smallest absolute Gasteiger partial charge is 0.410 e. The highest BCUT2D eigenvalue weighted by Gasteiger charge is 2.41. The van der Waals surface area contributed by atoms with Crippen LogP contribution in [0.15, 0.2) is 0 Å². The van der Waals surface area contributed by atoms with E-state index in [0.717, 1.165) is 0 Å². The van der Waals surface area contributed by atoms with E-state index in [0.29, 0.717) is 13.1 Å². The summed E-state index contributed by atoms with van der Waals surface area (Å²) in [6, 6.07) is 0. The predicted molar refractivity (Wildman–Crippen MR) is 70.7 cm³/mol. The van der Waals surface area contributed by atoms with Crippen LogP contribution >= 0.6 is 0 Å². The Morgan fingerprint density at radius 1 is 1.32 bits per heavy atom. The first kappa shape index (κ1) is 15.8. The summed E-state index contributed by atoms with van der Waals surface area (Å²) in [4.78, 5) is 26.7. The molecule has 1 fully saturated rings. The van der Waals surface area contributed by atoms with Crippen LogP contribution < -0.4 is 0 Å². The van der Waals surface area contributed by atoms with Crippen molar-refractivity contribution in [2.75, 3.05) is 26.2 Å². The fourth-order valence-electron chi connectivity index (χ4n) is 2.22. The van der Waals surface area contributed by atoms with Gasteiger partial charge in [0.05, 0.1) is 12.1 Å². The number of aliphatic hydroxyl groups excluding tert-OH is 1. The third-order valence-electron chi connectivity index (χ3n) is 3.15. The predicted octanol–water partition coefficient (Wildman–Crippen LogP) is 0.837. The maximum atomic E-state index is 12.0. The largest absolute Gasteiger partial charge is 0.444 e. The van der Waals surface area contributed by atoms with Gasteiger partial charge in [-0.2, -0.15) is 0 Å². The number of carbonyl (C=O) groups excluding carboxylic acids is 2. The first-order chi connectivity index (χ1) is 8.59. The lowest BCUT2D eigenvalue weighted by Gasteiger charge is -2.47. The van der Waals surface area contributed by atoms with E-state index in [1.807, 2.05) is 20.8 Å². The minimum Gasteiger partial charge on any atom is -0.444 e. The van der Waals surface area contributed by atoms with Crippen LogP contribution in [0.3, 0.4) is 0 Å². The monoisotopic (exact) mass is 272 g/mol. The van der Waals surface area contributed by atoms with Gasteiger partial charge in [-0.25, -0.2) is 4.79 Å². The zero-order valence-electron chi connectivity index (χ0n) is 12.4. The Balaban J connectivity index is 2.78. The van der Waals surface area contributed by atoms with Crippen LogP contribution in [0.25, 0.3) is 0 Å². The van der Waals surface area contributed by atoms with Crippen LogP contribution in [0, 0.1) is 0 Å². The molecule has 1 atom stereocenters. The van der Waals surface area contributed by atoms with Crippen LogP contribution in [0.5, 0.6) is 0 Å². The van der Waals surface area contributed by atoms with E-state index < -0.39 is 17.2 Å². The number of aliphatic hydroxyl groups is 1. The van der Waals surface area contributed by atoms with Crippen molar-refractivity contribution in [1.29, 1.82) is 0 Å². The third-order valence-corrected chi connectivity index (χ3v) is 3.15. The second kappa shape index (κ2) is 5.36. The average Bonchev–Trinajstić information content (AvgIpc) is 2.26. The number of piperazine rings is 1. The third kappa shape index (κ3) is 3.83. The molecule has 6 heteroatoms. The van der Waals surface area contributed by atoms with Crippen LogP contribution in [0.4, 0.5) is 4.79 Å². The minimum atomic E-state index is -0.749. The van der Waals surface area contributed by atoms with Crippen LogP contribution in [0.2, 0.25) is 0 Å². The van der Waals surface area contributed by atoms with Gasteiger partial charge in [-0.15, -0.1) is 0 Å². The van der Waals surface area contributed by atoms with E-state index in [1.54, 1.807) is 16.7 Å². The molecule has 1 aliphatic rings. The van der Waals surface area contributed by atoms with Crippen molar-refractivity contribution in [2.24, 2.45) is 0 Å². The molecular formula is C13H24N2O4. The minimum absolute atomic E-state index is 0.0969. The van der Waals surface area contributed by atoms with E-state index in [9.17, 15) is 14.7 Å². The number of nitrogens with zero attached hydrogens (tertiary/aromatic N) is 2. The molecular weight excluding hydrogens is 248 g/mol. The lowest BCUT2D eigenvalue weighted by atomic mass is 9.97. The van der Waals surface area contributed by atoms with Crippen molar-refractivity contribution >= 4 is 12.0 Å². The average molecular weight is 272 g/mol. The van der Waals surface area contributed by atoms with Crippen molar-refractivity contribution in [1.82, 2.24) is 9.80 Å². The zero-order valence-corrected chi connectivity index (χ0v) is 12.4.